The molecule has 4 aromatic rings. The van der Waals surface area contributed by atoms with E-state index >= 15 is 0 Å². The lowest BCUT2D eigenvalue weighted by Crippen LogP contribution is -2.20. The van der Waals surface area contributed by atoms with Crippen LogP contribution in [0.25, 0.3) is 10.2 Å². The van der Waals surface area contributed by atoms with E-state index in [0.29, 0.717) is 11.4 Å². The van der Waals surface area contributed by atoms with Crippen LogP contribution in [-0.2, 0) is 9.59 Å². The first-order valence-corrected chi connectivity index (χ1v) is 12.6. The molecular formula is C26H25N3O3S2. The minimum Gasteiger partial charge on any atom is -0.483 e. The third-order valence-electron chi connectivity index (χ3n) is 5.09. The highest BCUT2D eigenvalue weighted by molar-refractivity contribution is 8.01. The highest BCUT2D eigenvalue weighted by Gasteiger charge is 2.11. The fraction of sp³-hybridized carbons (Fsp3) is 0.192. The molecule has 0 spiro atoms. The maximum atomic E-state index is 12.4. The van der Waals surface area contributed by atoms with Gasteiger partial charge in [0.1, 0.15) is 5.75 Å². The molecule has 0 fully saturated rings. The molecular weight excluding hydrogens is 466 g/mol. The van der Waals surface area contributed by atoms with E-state index in [-0.39, 0.29) is 24.2 Å². The first-order chi connectivity index (χ1) is 16.4. The first kappa shape index (κ1) is 23.8. The SMILES string of the molecule is Cc1ccc(NC(=O)CSc2nc3ccc(NC(=O)COc4ccccc4C)cc3s2)c(C)c1. The fourth-order valence-electron chi connectivity index (χ4n) is 3.37. The number of aromatic nitrogens is 1. The van der Waals surface area contributed by atoms with Gasteiger partial charge in [0.25, 0.3) is 5.91 Å². The number of anilines is 2. The second-order valence-electron chi connectivity index (χ2n) is 7.92. The number of fused-ring (bicyclic) bond motifs is 1. The second kappa shape index (κ2) is 10.7. The van der Waals surface area contributed by atoms with Crippen molar-refractivity contribution >= 4 is 56.5 Å². The molecule has 0 aliphatic carbocycles. The van der Waals surface area contributed by atoms with Crippen LogP contribution in [0.15, 0.2) is 65.0 Å². The quantitative estimate of drug-likeness (QED) is 0.297. The van der Waals surface area contributed by atoms with Crippen LogP contribution in [0.3, 0.4) is 0 Å². The largest absolute Gasteiger partial charge is 0.483 e. The lowest BCUT2D eigenvalue weighted by atomic mass is 10.1. The van der Waals surface area contributed by atoms with Crippen LogP contribution < -0.4 is 15.4 Å². The van der Waals surface area contributed by atoms with Crippen molar-refractivity contribution in [3.05, 3.63) is 77.4 Å². The van der Waals surface area contributed by atoms with Gasteiger partial charge in [0.2, 0.25) is 5.91 Å². The number of carbonyl (C=O) groups excluding carboxylic acids is 2. The zero-order valence-electron chi connectivity index (χ0n) is 19.2. The third kappa shape index (κ3) is 6.15. The van der Waals surface area contributed by atoms with Gasteiger partial charge in [-0.2, -0.15) is 0 Å². The number of carbonyl (C=O) groups is 2. The maximum Gasteiger partial charge on any atom is 0.262 e. The number of rotatable bonds is 8. The van der Waals surface area contributed by atoms with Gasteiger partial charge in [-0.15, -0.1) is 11.3 Å². The molecule has 34 heavy (non-hydrogen) atoms. The van der Waals surface area contributed by atoms with Gasteiger partial charge >= 0.3 is 0 Å². The number of ether oxygens (including phenoxy) is 1. The van der Waals surface area contributed by atoms with Crippen molar-refractivity contribution in [2.24, 2.45) is 0 Å². The zero-order valence-corrected chi connectivity index (χ0v) is 20.8. The molecule has 3 aromatic carbocycles. The van der Waals surface area contributed by atoms with Crippen LogP contribution in [-0.4, -0.2) is 29.2 Å². The molecule has 1 aromatic heterocycles. The normalized spacial score (nSPS) is 10.8. The molecule has 0 aliphatic heterocycles. The zero-order chi connectivity index (χ0) is 24.1. The third-order valence-corrected chi connectivity index (χ3v) is 7.25. The van der Waals surface area contributed by atoms with Gasteiger partial charge in [-0.3, -0.25) is 9.59 Å². The van der Waals surface area contributed by atoms with Gasteiger partial charge in [0.15, 0.2) is 10.9 Å². The van der Waals surface area contributed by atoms with E-state index < -0.39 is 0 Å². The molecule has 0 unspecified atom stereocenters. The Bertz CT molecular complexity index is 1350. The standard InChI is InChI=1S/C26H25N3O3S2/c1-16-8-10-20(18(3)12-16)28-25(31)15-33-26-29-21-11-9-19(13-23(21)34-26)27-24(30)14-32-22-7-5-4-6-17(22)2/h4-13H,14-15H2,1-3H3,(H,27,30)(H,28,31). The van der Waals surface area contributed by atoms with Gasteiger partial charge in [-0.1, -0.05) is 47.7 Å². The highest BCUT2D eigenvalue weighted by atomic mass is 32.2. The van der Waals surface area contributed by atoms with E-state index in [1.165, 1.54) is 23.1 Å². The molecule has 0 atom stereocenters. The summed E-state index contributed by atoms with van der Waals surface area (Å²) in [5.74, 6) is 0.661. The first-order valence-electron chi connectivity index (χ1n) is 10.8. The van der Waals surface area contributed by atoms with Crippen molar-refractivity contribution in [2.75, 3.05) is 23.0 Å². The summed E-state index contributed by atoms with van der Waals surface area (Å²) >= 11 is 2.89. The summed E-state index contributed by atoms with van der Waals surface area (Å²) in [7, 11) is 0. The minimum absolute atomic E-state index is 0.0672. The van der Waals surface area contributed by atoms with Crippen molar-refractivity contribution in [2.45, 2.75) is 25.1 Å². The number of nitrogens with zero attached hydrogens (tertiary/aromatic N) is 1. The fourth-order valence-corrected chi connectivity index (χ4v) is 5.28. The molecule has 4 rings (SSSR count). The summed E-state index contributed by atoms with van der Waals surface area (Å²) in [6.45, 7) is 5.88. The number of thiazole rings is 1. The predicted molar refractivity (Wildman–Crippen MR) is 140 cm³/mol. The molecule has 174 valence electrons. The number of nitrogens with one attached hydrogen (secondary N) is 2. The Morgan fingerprint density at radius 1 is 0.941 bits per heavy atom. The molecule has 0 bridgehead atoms. The highest BCUT2D eigenvalue weighted by Crippen LogP contribution is 2.31. The van der Waals surface area contributed by atoms with Crippen molar-refractivity contribution in [1.29, 1.82) is 0 Å². The molecule has 8 heteroatoms. The van der Waals surface area contributed by atoms with Crippen LogP contribution in [0, 0.1) is 20.8 Å². The van der Waals surface area contributed by atoms with Gasteiger partial charge < -0.3 is 15.4 Å². The summed E-state index contributed by atoms with van der Waals surface area (Å²) in [6.07, 6.45) is 0. The van der Waals surface area contributed by atoms with Crippen LogP contribution in [0.4, 0.5) is 11.4 Å². The van der Waals surface area contributed by atoms with Crippen molar-refractivity contribution in [1.82, 2.24) is 4.98 Å². The Morgan fingerprint density at radius 3 is 2.56 bits per heavy atom. The Hall–Kier alpha value is -3.36. The molecule has 0 radical (unpaired) electrons. The molecule has 0 aliphatic rings. The summed E-state index contributed by atoms with van der Waals surface area (Å²) in [4.78, 5) is 29.3. The lowest BCUT2D eigenvalue weighted by Gasteiger charge is -2.09. The number of benzene rings is 3. The number of amides is 2. The number of thioether (sulfide) groups is 1. The van der Waals surface area contributed by atoms with Crippen LogP contribution in [0.1, 0.15) is 16.7 Å². The monoisotopic (exact) mass is 491 g/mol. The summed E-state index contributed by atoms with van der Waals surface area (Å²) < 4.78 is 7.35. The minimum atomic E-state index is -0.232. The average Bonchev–Trinajstić information content (AvgIpc) is 3.21. The van der Waals surface area contributed by atoms with Crippen LogP contribution >= 0.6 is 23.1 Å². The van der Waals surface area contributed by atoms with E-state index in [0.717, 1.165) is 36.9 Å². The van der Waals surface area contributed by atoms with E-state index in [1.807, 2.05) is 81.4 Å². The lowest BCUT2D eigenvalue weighted by molar-refractivity contribution is -0.118. The van der Waals surface area contributed by atoms with Crippen molar-refractivity contribution < 1.29 is 14.3 Å². The van der Waals surface area contributed by atoms with Crippen LogP contribution in [0.2, 0.25) is 0 Å². The average molecular weight is 492 g/mol. The van der Waals surface area contributed by atoms with Crippen LogP contribution in [0.5, 0.6) is 5.75 Å². The molecule has 6 nitrogen and oxygen atoms in total. The molecule has 0 saturated carbocycles. The number of hydrogen-bond donors (Lipinski definition) is 2. The molecule has 0 saturated heterocycles. The topological polar surface area (TPSA) is 80.3 Å². The Kier molecular flexibility index (Phi) is 7.49. The van der Waals surface area contributed by atoms with Gasteiger partial charge in [-0.05, 0) is 62.2 Å². The summed E-state index contributed by atoms with van der Waals surface area (Å²) in [6, 6.07) is 19.1. The Balaban J connectivity index is 1.32. The number of aryl methyl sites for hydroxylation is 3. The summed E-state index contributed by atoms with van der Waals surface area (Å²) in [5, 5.41) is 5.82. The van der Waals surface area contributed by atoms with Gasteiger partial charge in [0.05, 0.1) is 16.0 Å². The Morgan fingerprint density at radius 2 is 1.76 bits per heavy atom. The van der Waals surface area contributed by atoms with E-state index in [1.54, 1.807) is 0 Å². The molecule has 1 heterocycles. The van der Waals surface area contributed by atoms with Gasteiger partial charge in [-0.25, -0.2) is 4.98 Å². The van der Waals surface area contributed by atoms with Crippen molar-refractivity contribution in [3.8, 4) is 5.75 Å². The second-order valence-corrected chi connectivity index (χ2v) is 10.2. The predicted octanol–water partition coefficient (Wildman–Crippen LogP) is 5.97. The number of hydrogen-bond acceptors (Lipinski definition) is 6. The Labute approximate surface area is 206 Å². The number of para-hydroxylation sites is 1. The molecule has 2 N–H and O–H groups in total. The van der Waals surface area contributed by atoms with E-state index in [9.17, 15) is 9.59 Å². The van der Waals surface area contributed by atoms with Crippen molar-refractivity contribution in [3.63, 3.8) is 0 Å². The maximum absolute atomic E-state index is 12.4. The van der Waals surface area contributed by atoms with E-state index in [2.05, 4.69) is 15.6 Å². The smallest absolute Gasteiger partial charge is 0.262 e. The molecule has 2 amide bonds. The summed E-state index contributed by atoms with van der Waals surface area (Å²) in [5.41, 5.74) is 5.52. The van der Waals surface area contributed by atoms with Gasteiger partial charge in [0, 0.05) is 11.4 Å². The van der Waals surface area contributed by atoms with E-state index in [4.69, 9.17) is 4.74 Å².